The van der Waals surface area contributed by atoms with Gasteiger partial charge in [-0.3, -0.25) is 4.79 Å². The monoisotopic (exact) mass is 503 g/mol. The SMILES string of the molecule is CC1(CC(=O)c2ccc3c(-c4cccc(C5CC5)c4)nn(-c4ccc(F)cn4)c3c2)CCS(=O)(=O)C1. The Morgan fingerprint density at radius 2 is 1.97 bits per heavy atom. The van der Waals surface area contributed by atoms with Gasteiger partial charge in [-0.05, 0) is 66.5 Å². The highest BCUT2D eigenvalue weighted by Crippen LogP contribution is 2.42. The molecule has 1 aliphatic carbocycles. The molecule has 0 spiro atoms. The molecule has 8 heteroatoms. The van der Waals surface area contributed by atoms with Crippen molar-refractivity contribution in [3.63, 3.8) is 0 Å². The topological polar surface area (TPSA) is 81.9 Å². The number of carbonyl (C=O) groups excluding carboxylic acids is 1. The van der Waals surface area contributed by atoms with Gasteiger partial charge in [0.2, 0.25) is 0 Å². The molecule has 6 nitrogen and oxygen atoms in total. The number of rotatable bonds is 6. The fourth-order valence-corrected chi connectivity index (χ4v) is 7.49. The molecule has 0 amide bonds. The Labute approximate surface area is 209 Å². The first kappa shape index (κ1) is 23.0. The number of halogens is 1. The standard InChI is InChI=1S/C28H26FN3O3S/c1-28(11-12-36(34,35)17-28)15-25(33)20-7-9-23-24(14-20)32(26-10-8-22(29)16-30-26)31-27(23)21-4-2-3-19(13-21)18-5-6-18/h2-4,7-10,13-14,16,18H,5-6,11-12,15,17H2,1H3. The molecular weight excluding hydrogens is 477 g/mol. The summed E-state index contributed by atoms with van der Waals surface area (Å²) in [7, 11) is -3.10. The predicted molar refractivity (Wildman–Crippen MR) is 137 cm³/mol. The molecule has 36 heavy (non-hydrogen) atoms. The average Bonchev–Trinajstić information content (AvgIpc) is 3.58. The molecule has 6 rings (SSSR count). The number of benzene rings is 2. The summed E-state index contributed by atoms with van der Waals surface area (Å²) >= 11 is 0. The smallest absolute Gasteiger partial charge is 0.163 e. The van der Waals surface area contributed by atoms with Crippen molar-refractivity contribution in [2.45, 2.75) is 38.5 Å². The molecule has 2 aromatic carbocycles. The highest BCUT2D eigenvalue weighted by atomic mass is 32.2. The van der Waals surface area contributed by atoms with Crippen LogP contribution in [0.3, 0.4) is 0 Å². The largest absolute Gasteiger partial charge is 0.294 e. The van der Waals surface area contributed by atoms with Crippen LogP contribution < -0.4 is 0 Å². The molecule has 1 unspecified atom stereocenters. The zero-order valence-corrected chi connectivity index (χ0v) is 20.8. The van der Waals surface area contributed by atoms with Crippen molar-refractivity contribution in [2.75, 3.05) is 11.5 Å². The molecule has 2 aliphatic rings. The minimum absolute atomic E-state index is 0.0346. The van der Waals surface area contributed by atoms with Crippen LogP contribution in [0.15, 0.2) is 60.8 Å². The molecule has 184 valence electrons. The van der Waals surface area contributed by atoms with Crippen LogP contribution in [0.25, 0.3) is 28.0 Å². The van der Waals surface area contributed by atoms with E-state index in [0.717, 1.165) is 22.8 Å². The van der Waals surface area contributed by atoms with E-state index in [1.165, 1.54) is 24.5 Å². The fraction of sp³-hybridized carbons (Fsp3) is 0.321. The number of carbonyl (C=O) groups is 1. The van der Waals surface area contributed by atoms with Gasteiger partial charge in [0.15, 0.2) is 21.4 Å². The van der Waals surface area contributed by atoms with Gasteiger partial charge >= 0.3 is 0 Å². The van der Waals surface area contributed by atoms with Gasteiger partial charge in [0.05, 0.1) is 23.2 Å². The van der Waals surface area contributed by atoms with Crippen LogP contribution in [-0.4, -0.2) is 40.5 Å². The Balaban J connectivity index is 1.44. The van der Waals surface area contributed by atoms with Crippen LogP contribution in [0.1, 0.15) is 54.4 Å². The van der Waals surface area contributed by atoms with E-state index in [1.807, 2.05) is 25.1 Å². The van der Waals surface area contributed by atoms with Crippen molar-refractivity contribution in [3.8, 4) is 17.1 Å². The van der Waals surface area contributed by atoms with E-state index in [1.54, 1.807) is 22.9 Å². The number of aromatic nitrogens is 3. The minimum atomic E-state index is -3.10. The third-order valence-corrected chi connectivity index (χ3v) is 9.28. The summed E-state index contributed by atoms with van der Waals surface area (Å²) in [5.41, 5.74) is 3.67. The number of pyridine rings is 1. The van der Waals surface area contributed by atoms with Gasteiger partial charge in [0.25, 0.3) is 0 Å². The third kappa shape index (κ3) is 4.34. The van der Waals surface area contributed by atoms with E-state index in [2.05, 4.69) is 17.1 Å². The van der Waals surface area contributed by atoms with Gasteiger partial charge in [-0.2, -0.15) is 5.10 Å². The molecule has 1 aliphatic heterocycles. The second-order valence-electron chi connectivity index (χ2n) is 10.5. The van der Waals surface area contributed by atoms with Crippen LogP contribution in [0.4, 0.5) is 4.39 Å². The zero-order chi connectivity index (χ0) is 25.1. The average molecular weight is 504 g/mol. The molecule has 3 heterocycles. The van der Waals surface area contributed by atoms with Crippen molar-refractivity contribution < 1.29 is 17.6 Å². The van der Waals surface area contributed by atoms with E-state index in [4.69, 9.17) is 5.10 Å². The van der Waals surface area contributed by atoms with Gasteiger partial charge in [0.1, 0.15) is 11.5 Å². The Kier molecular flexibility index (Phi) is 5.33. The number of hydrogen-bond acceptors (Lipinski definition) is 5. The van der Waals surface area contributed by atoms with Crippen LogP contribution in [0.5, 0.6) is 0 Å². The molecule has 1 saturated heterocycles. The highest BCUT2D eigenvalue weighted by Gasteiger charge is 2.40. The van der Waals surface area contributed by atoms with Crippen molar-refractivity contribution in [1.82, 2.24) is 14.8 Å². The molecule has 1 saturated carbocycles. The van der Waals surface area contributed by atoms with E-state index < -0.39 is 21.1 Å². The maximum Gasteiger partial charge on any atom is 0.163 e. The van der Waals surface area contributed by atoms with Gasteiger partial charge < -0.3 is 0 Å². The summed E-state index contributed by atoms with van der Waals surface area (Å²) in [6.07, 6.45) is 4.19. The summed E-state index contributed by atoms with van der Waals surface area (Å²) < 4.78 is 39.3. The van der Waals surface area contributed by atoms with Gasteiger partial charge in [0, 0.05) is 22.9 Å². The number of nitrogens with zero attached hydrogens (tertiary/aromatic N) is 3. The summed E-state index contributed by atoms with van der Waals surface area (Å²) in [6.45, 7) is 1.87. The first-order valence-corrected chi connectivity index (χ1v) is 14.0. The summed E-state index contributed by atoms with van der Waals surface area (Å²) in [6, 6.07) is 16.7. The zero-order valence-electron chi connectivity index (χ0n) is 19.9. The van der Waals surface area contributed by atoms with Crippen molar-refractivity contribution in [2.24, 2.45) is 5.41 Å². The lowest BCUT2D eigenvalue weighted by Crippen LogP contribution is -2.22. The molecule has 2 fully saturated rings. The molecule has 0 bridgehead atoms. The molecule has 2 aromatic heterocycles. The summed E-state index contributed by atoms with van der Waals surface area (Å²) in [5.74, 6) is 0.665. The van der Waals surface area contributed by atoms with Crippen molar-refractivity contribution in [3.05, 3.63) is 77.7 Å². The van der Waals surface area contributed by atoms with E-state index in [0.29, 0.717) is 29.2 Å². The third-order valence-electron chi connectivity index (χ3n) is 7.31. The molecule has 0 N–H and O–H groups in total. The Morgan fingerprint density at radius 1 is 1.14 bits per heavy atom. The minimum Gasteiger partial charge on any atom is -0.294 e. The lowest BCUT2D eigenvalue weighted by Gasteiger charge is -2.20. The van der Waals surface area contributed by atoms with Crippen LogP contribution in [0, 0.1) is 11.2 Å². The van der Waals surface area contributed by atoms with Crippen molar-refractivity contribution in [1.29, 1.82) is 0 Å². The van der Waals surface area contributed by atoms with E-state index >= 15 is 0 Å². The van der Waals surface area contributed by atoms with Gasteiger partial charge in [-0.25, -0.2) is 22.5 Å². The number of ketones is 1. The fourth-order valence-electron chi connectivity index (χ4n) is 5.23. The van der Waals surface area contributed by atoms with E-state index in [-0.39, 0.29) is 23.7 Å². The van der Waals surface area contributed by atoms with Crippen LogP contribution in [-0.2, 0) is 9.84 Å². The van der Waals surface area contributed by atoms with E-state index in [9.17, 15) is 17.6 Å². The second kappa shape index (κ2) is 8.34. The molecular formula is C28H26FN3O3S. The quantitative estimate of drug-likeness (QED) is 0.325. The molecule has 0 radical (unpaired) electrons. The Morgan fingerprint density at radius 3 is 2.67 bits per heavy atom. The maximum absolute atomic E-state index is 13.6. The van der Waals surface area contributed by atoms with Crippen molar-refractivity contribution >= 4 is 26.5 Å². The summed E-state index contributed by atoms with van der Waals surface area (Å²) in [4.78, 5) is 17.5. The van der Waals surface area contributed by atoms with Gasteiger partial charge in [-0.1, -0.05) is 31.2 Å². The highest BCUT2D eigenvalue weighted by molar-refractivity contribution is 7.91. The molecule has 4 aromatic rings. The maximum atomic E-state index is 13.6. The number of sulfone groups is 1. The lowest BCUT2D eigenvalue weighted by molar-refractivity contribution is 0.0934. The normalized spacial score (nSPS) is 21.2. The second-order valence-corrected chi connectivity index (χ2v) is 12.7. The van der Waals surface area contributed by atoms with Gasteiger partial charge in [-0.15, -0.1) is 0 Å². The first-order chi connectivity index (χ1) is 17.2. The molecule has 1 atom stereocenters. The Bertz CT molecular complexity index is 1610. The van der Waals surface area contributed by atoms with Crippen LogP contribution >= 0.6 is 0 Å². The van der Waals surface area contributed by atoms with Crippen LogP contribution in [0.2, 0.25) is 0 Å². The number of Topliss-reactive ketones (excluding diaryl/α,β-unsaturated/α-hetero) is 1. The Hall–Kier alpha value is -3.39. The lowest BCUT2D eigenvalue weighted by atomic mass is 9.83. The number of fused-ring (bicyclic) bond motifs is 1. The predicted octanol–water partition coefficient (Wildman–Crippen LogP) is 5.50. The summed E-state index contributed by atoms with van der Waals surface area (Å²) in [5, 5.41) is 5.72. The first-order valence-electron chi connectivity index (χ1n) is 12.2. The number of hydrogen-bond donors (Lipinski definition) is 0.